The average Bonchev–Trinajstić information content (AvgIpc) is 3.43. The van der Waals surface area contributed by atoms with Gasteiger partial charge in [0.15, 0.2) is 5.71 Å². The summed E-state index contributed by atoms with van der Waals surface area (Å²) in [6.45, 7) is 14.1. The third kappa shape index (κ3) is 7.80. The van der Waals surface area contributed by atoms with Crippen LogP contribution < -0.4 is 4.57 Å². The normalized spacial score (nSPS) is 22.3. The van der Waals surface area contributed by atoms with Crippen LogP contribution in [0.4, 0.5) is 5.82 Å². The Hall–Kier alpha value is -3.11. The first-order valence-corrected chi connectivity index (χ1v) is 18.6. The van der Waals surface area contributed by atoms with Crippen molar-refractivity contribution in [2.45, 2.75) is 78.7 Å². The van der Waals surface area contributed by atoms with Crippen molar-refractivity contribution >= 4 is 39.1 Å². The van der Waals surface area contributed by atoms with Crippen LogP contribution >= 0.6 is 11.6 Å². The van der Waals surface area contributed by atoms with Gasteiger partial charge in [0.05, 0.1) is 39.5 Å². The first-order valence-electron chi connectivity index (χ1n) is 16.7. The van der Waals surface area contributed by atoms with Gasteiger partial charge < -0.3 is 9.45 Å². The molecule has 1 aromatic rings. The number of allylic oxidation sites excluding steroid dienone is 6. The van der Waals surface area contributed by atoms with Gasteiger partial charge in [-0.3, -0.25) is 4.90 Å². The summed E-state index contributed by atoms with van der Waals surface area (Å²) in [6, 6.07) is 4.33. The Balaban J connectivity index is 1.37. The molecule has 252 valence electrons. The maximum atomic E-state index is 11.0. The highest BCUT2D eigenvalue weighted by molar-refractivity contribution is 7.85. The molecular formula is C37H48ClN5O3S. The molecule has 0 atom stereocenters. The lowest BCUT2D eigenvalue weighted by Crippen LogP contribution is -2.34. The number of halogens is 1. The molecule has 0 saturated carbocycles. The fourth-order valence-corrected chi connectivity index (χ4v) is 7.44. The second-order valence-corrected chi connectivity index (χ2v) is 15.9. The lowest BCUT2D eigenvalue weighted by atomic mass is 9.81. The van der Waals surface area contributed by atoms with Crippen molar-refractivity contribution in [3.8, 4) is 0 Å². The van der Waals surface area contributed by atoms with Crippen molar-refractivity contribution in [2.75, 3.05) is 32.4 Å². The van der Waals surface area contributed by atoms with Gasteiger partial charge in [0.1, 0.15) is 5.84 Å². The number of hydrogen-bond acceptors (Lipinski definition) is 7. The molecule has 0 bridgehead atoms. The lowest BCUT2D eigenvalue weighted by Gasteiger charge is -2.28. The number of rotatable bonds is 12. The molecule has 8 nitrogen and oxygen atoms in total. The van der Waals surface area contributed by atoms with Gasteiger partial charge >= 0.3 is 5.82 Å². The molecule has 0 fully saturated rings. The molecule has 0 N–H and O–H groups in total. The van der Waals surface area contributed by atoms with Crippen LogP contribution in [-0.4, -0.2) is 66.8 Å². The lowest BCUT2D eigenvalue weighted by molar-refractivity contribution is -0.684. The van der Waals surface area contributed by atoms with Crippen molar-refractivity contribution in [3.05, 3.63) is 94.0 Å². The van der Waals surface area contributed by atoms with E-state index in [0.29, 0.717) is 19.4 Å². The molecule has 47 heavy (non-hydrogen) atoms. The SMILES string of the molecule is CCCCC[n+]1cccc2c1N=C(/C=C/C1=C(Cl)C(=C/C=C3/N=C4C(=CC=CN4CCCCS(=O)(=O)[O-])C3(C)C)/CN(C)C1)C2(C)C. The minimum Gasteiger partial charge on any atom is -0.748 e. The highest BCUT2D eigenvalue weighted by Crippen LogP contribution is 2.44. The van der Waals surface area contributed by atoms with Crippen LogP contribution in [0.25, 0.3) is 0 Å². The Morgan fingerprint density at radius 2 is 1.83 bits per heavy atom. The molecule has 5 heterocycles. The topological polar surface area (TPSA) is 92.3 Å². The summed E-state index contributed by atoms with van der Waals surface area (Å²) < 4.78 is 35.3. The quantitative estimate of drug-likeness (QED) is 0.137. The van der Waals surface area contributed by atoms with Gasteiger partial charge in [0.2, 0.25) is 0 Å². The van der Waals surface area contributed by atoms with Crippen LogP contribution in [0.2, 0.25) is 0 Å². The molecule has 1 aromatic heterocycles. The van der Waals surface area contributed by atoms with Crippen molar-refractivity contribution in [1.82, 2.24) is 9.80 Å². The van der Waals surface area contributed by atoms with E-state index in [2.05, 4.69) is 99.8 Å². The zero-order valence-electron chi connectivity index (χ0n) is 28.6. The minimum atomic E-state index is -4.21. The summed E-state index contributed by atoms with van der Waals surface area (Å²) in [5, 5.41) is 0.761. The van der Waals surface area contributed by atoms with E-state index in [1.54, 1.807) is 0 Å². The summed E-state index contributed by atoms with van der Waals surface area (Å²) in [4.78, 5) is 14.5. The number of pyridine rings is 1. The monoisotopic (exact) mass is 677 g/mol. The summed E-state index contributed by atoms with van der Waals surface area (Å²) in [6.07, 6.45) is 21.1. The molecule has 0 unspecified atom stereocenters. The molecule has 0 saturated heterocycles. The van der Waals surface area contributed by atoms with E-state index in [-0.39, 0.29) is 16.6 Å². The molecule has 0 spiro atoms. The molecule has 0 radical (unpaired) electrons. The minimum absolute atomic E-state index is 0.203. The number of aromatic nitrogens is 1. The number of aliphatic imine (C=N–C) groups is 2. The van der Waals surface area contributed by atoms with E-state index in [1.165, 1.54) is 18.4 Å². The number of hydrogen-bond donors (Lipinski definition) is 0. The van der Waals surface area contributed by atoms with Gasteiger partial charge in [-0.15, -0.1) is 0 Å². The number of aryl methyl sites for hydroxylation is 1. The van der Waals surface area contributed by atoms with Crippen LogP contribution in [0.3, 0.4) is 0 Å². The number of nitrogens with zero attached hydrogens (tertiary/aromatic N) is 5. The van der Waals surface area contributed by atoms with Crippen molar-refractivity contribution in [1.29, 1.82) is 0 Å². The van der Waals surface area contributed by atoms with Crippen LogP contribution in [0.1, 0.15) is 72.3 Å². The third-order valence-corrected chi connectivity index (χ3v) is 10.8. The second-order valence-electron chi connectivity index (χ2n) is 14.0. The highest BCUT2D eigenvalue weighted by Gasteiger charge is 2.42. The Morgan fingerprint density at radius 1 is 1.04 bits per heavy atom. The van der Waals surface area contributed by atoms with E-state index in [0.717, 1.165) is 70.9 Å². The predicted molar refractivity (Wildman–Crippen MR) is 191 cm³/mol. The molecule has 0 aromatic carbocycles. The van der Waals surface area contributed by atoms with E-state index in [9.17, 15) is 13.0 Å². The van der Waals surface area contributed by atoms with E-state index in [4.69, 9.17) is 21.6 Å². The maximum Gasteiger partial charge on any atom is 0.327 e. The van der Waals surface area contributed by atoms with Gasteiger partial charge in [-0.05, 0) is 93.1 Å². The average molecular weight is 678 g/mol. The molecular weight excluding hydrogens is 630 g/mol. The fourth-order valence-electron chi connectivity index (χ4n) is 6.63. The molecule has 5 rings (SSSR count). The van der Waals surface area contributed by atoms with Gasteiger partial charge in [0.25, 0.3) is 0 Å². The molecule has 4 aliphatic rings. The largest absolute Gasteiger partial charge is 0.748 e. The Labute approximate surface area is 286 Å². The van der Waals surface area contributed by atoms with E-state index >= 15 is 0 Å². The van der Waals surface area contributed by atoms with Crippen LogP contribution in [0.5, 0.6) is 0 Å². The van der Waals surface area contributed by atoms with Gasteiger partial charge in [-0.25, -0.2) is 18.0 Å². The predicted octanol–water partition coefficient (Wildman–Crippen LogP) is 6.85. The Morgan fingerprint density at radius 3 is 2.57 bits per heavy atom. The van der Waals surface area contributed by atoms with E-state index in [1.807, 2.05) is 17.2 Å². The number of unbranched alkanes of at least 4 members (excludes halogenated alkanes) is 3. The number of fused-ring (bicyclic) bond motifs is 2. The van der Waals surface area contributed by atoms with E-state index < -0.39 is 10.1 Å². The zero-order chi connectivity index (χ0) is 34.0. The maximum absolute atomic E-state index is 11.0. The summed E-state index contributed by atoms with van der Waals surface area (Å²) in [5.41, 5.74) is 5.90. The summed E-state index contributed by atoms with van der Waals surface area (Å²) in [5.74, 6) is 1.58. The second kappa shape index (κ2) is 14.2. The third-order valence-electron chi connectivity index (χ3n) is 9.54. The van der Waals surface area contributed by atoms with Crippen molar-refractivity contribution in [3.63, 3.8) is 0 Å². The van der Waals surface area contributed by atoms with Crippen LogP contribution in [0.15, 0.2) is 98.4 Å². The first kappa shape index (κ1) is 35.2. The Kier molecular flexibility index (Phi) is 10.6. The smallest absolute Gasteiger partial charge is 0.327 e. The van der Waals surface area contributed by atoms with Crippen LogP contribution in [-0.2, 0) is 22.1 Å². The molecule has 0 amide bonds. The van der Waals surface area contributed by atoms with Crippen molar-refractivity contribution in [2.24, 2.45) is 15.4 Å². The first-order chi connectivity index (χ1) is 22.2. The highest BCUT2D eigenvalue weighted by atomic mass is 35.5. The molecule has 0 aliphatic carbocycles. The Bertz CT molecular complexity index is 1760. The summed E-state index contributed by atoms with van der Waals surface area (Å²) in [7, 11) is -2.10. The van der Waals surface area contributed by atoms with Crippen LogP contribution in [0, 0.1) is 5.41 Å². The standard InChI is InChI=1S/C37H48ClN5O3S/c1-7-8-9-20-42-22-12-14-29-34(42)39-31(36(29,2)3)18-16-27-25-41(6)26-28(33(27)38)17-19-32-37(4,5)30-15-13-23-43(35(30)40-32)21-10-11-24-47(44,45)46/h12-19,22-23H,7-11,20-21,24-26H2,1-6H3. The number of amidine groups is 1. The van der Waals surface area contributed by atoms with Gasteiger partial charge in [0, 0.05) is 47.6 Å². The number of likely N-dealkylation sites (N-methyl/N-ethyl adjacent to an activating group) is 1. The summed E-state index contributed by atoms with van der Waals surface area (Å²) >= 11 is 7.09. The van der Waals surface area contributed by atoms with Gasteiger partial charge in [-0.1, -0.05) is 57.0 Å². The van der Waals surface area contributed by atoms with Crippen molar-refractivity contribution < 1.29 is 17.5 Å². The molecule has 10 heteroatoms. The molecule has 4 aliphatic heterocycles. The zero-order valence-corrected chi connectivity index (χ0v) is 30.2. The fraction of sp³-hybridized carbons (Fsp3) is 0.486. The van der Waals surface area contributed by atoms with Gasteiger partial charge in [-0.2, -0.15) is 0 Å².